The molecular formula is C67H127NO5. The van der Waals surface area contributed by atoms with E-state index in [-0.39, 0.29) is 18.5 Å². The predicted octanol–water partition coefficient (Wildman–Crippen LogP) is 20.8. The molecule has 0 aliphatic heterocycles. The number of aliphatic hydroxyl groups is 2. The SMILES string of the molecule is CCCCCCC/C=C\CCCCCCCC(=O)OCCCCCCCCCCCCCC/C=C\CCCCCCCCCCC(=O)NC(CO)C(O)/C=C/CCCCCCCCCCCCCCCCCC. The molecule has 0 aromatic heterocycles. The maximum absolute atomic E-state index is 12.5. The van der Waals surface area contributed by atoms with E-state index in [1.54, 1.807) is 6.08 Å². The summed E-state index contributed by atoms with van der Waals surface area (Å²) in [5.41, 5.74) is 0. The van der Waals surface area contributed by atoms with Gasteiger partial charge in [0, 0.05) is 12.8 Å². The van der Waals surface area contributed by atoms with Crippen LogP contribution in [-0.4, -0.2) is 47.4 Å². The molecule has 0 fully saturated rings. The quantitative estimate of drug-likeness (QED) is 0.0320. The van der Waals surface area contributed by atoms with Crippen LogP contribution in [-0.2, 0) is 14.3 Å². The van der Waals surface area contributed by atoms with Gasteiger partial charge in [-0.3, -0.25) is 9.59 Å². The minimum absolute atomic E-state index is 0.00367. The Kier molecular flexibility index (Phi) is 61.0. The zero-order valence-electron chi connectivity index (χ0n) is 49.1. The van der Waals surface area contributed by atoms with Gasteiger partial charge in [-0.25, -0.2) is 0 Å². The second-order valence-electron chi connectivity index (χ2n) is 22.4. The molecule has 1 amide bonds. The van der Waals surface area contributed by atoms with Crippen molar-refractivity contribution in [1.29, 1.82) is 0 Å². The first-order valence-corrected chi connectivity index (χ1v) is 32.8. The monoisotopic (exact) mass is 1030 g/mol. The highest BCUT2D eigenvalue weighted by Crippen LogP contribution is 2.17. The summed E-state index contributed by atoms with van der Waals surface area (Å²) in [6.07, 6.45) is 79.1. The first kappa shape index (κ1) is 71.1. The first-order chi connectivity index (χ1) is 36.0. The van der Waals surface area contributed by atoms with E-state index in [0.717, 1.165) is 44.9 Å². The Morgan fingerprint density at radius 3 is 0.973 bits per heavy atom. The van der Waals surface area contributed by atoms with Crippen LogP contribution in [0.15, 0.2) is 36.5 Å². The number of ether oxygens (including phenoxy) is 1. The van der Waals surface area contributed by atoms with Crippen molar-refractivity contribution in [2.45, 2.75) is 366 Å². The zero-order chi connectivity index (χ0) is 52.9. The van der Waals surface area contributed by atoms with Gasteiger partial charge in [0.05, 0.1) is 25.4 Å². The Morgan fingerprint density at radius 1 is 0.370 bits per heavy atom. The van der Waals surface area contributed by atoms with E-state index in [9.17, 15) is 19.8 Å². The third kappa shape index (κ3) is 59.2. The van der Waals surface area contributed by atoms with Gasteiger partial charge in [-0.2, -0.15) is 0 Å². The Morgan fingerprint density at radius 2 is 0.644 bits per heavy atom. The largest absolute Gasteiger partial charge is 0.466 e. The topological polar surface area (TPSA) is 95.9 Å². The summed E-state index contributed by atoms with van der Waals surface area (Å²) in [6.45, 7) is 4.91. The van der Waals surface area contributed by atoms with Crippen LogP contribution in [0.25, 0.3) is 0 Å². The van der Waals surface area contributed by atoms with Gasteiger partial charge in [0.1, 0.15) is 0 Å². The lowest BCUT2D eigenvalue weighted by atomic mass is 10.0. The molecule has 73 heavy (non-hydrogen) atoms. The second kappa shape index (κ2) is 62.6. The molecule has 2 unspecified atom stereocenters. The normalized spacial score (nSPS) is 12.8. The van der Waals surface area contributed by atoms with E-state index in [1.165, 1.54) is 283 Å². The molecule has 6 nitrogen and oxygen atoms in total. The van der Waals surface area contributed by atoms with Crippen LogP contribution >= 0.6 is 0 Å². The number of carbonyl (C=O) groups is 2. The highest BCUT2D eigenvalue weighted by atomic mass is 16.5. The maximum atomic E-state index is 12.5. The number of carbonyl (C=O) groups excluding carboxylic acids is 2. The molecular weight excluding hydrogens is 899 g/mol. The van der Waals surface area contributed by atoms with Crippen LogP contribution < -0.4 is 5.32 Å². The van der Waals surface area contributed by atoms with Crippen LogP contribution in [0.4, 0.5) is 0 Å². The molecule has 3 N–H and O–H groups in total. The highest BCUT2D eigenvalue weighted by Gasteiger charge is 2.18. The van der Waals surface area contributed by atoms with E-state index in [1.807, 2.05) is 6.08 Å². The van der Waals surface area contributed by atoms with E-state index in [4.69, 9.17) is 4.74 Å². The van der Waals surface area contributed by atoms with Crippen molar-refractivity contribution in [2.75, 3.05) is 13.2 Å². The minimum Gasteiger partial charge on any atom is -0.466 e. The predicted molar refractivity (Wildman–Crippen MR) is 319 cm³/mol. The lowest BCUT2D eigenvalue weighted by molar-refractivity contribution is -0.143. The third-order valence-corrected chi connectivity index (χ3v) is 15.1. The van der Waals surface area contributed by atoms with Crippen molar-refractivity contribution in [3.63, 3.8) is 0 Å². The summed E-state index contributed by atoms with van der Waals surface area (Å²) in [7, 11) is 0. The summed E-state index contributed by atoms with van der Waals surface area (Å²) in [5.74, 6) is -0.0666. The second-order valence-corrected chi connectivity index (χ2v) is 22.4. The molecule has 0 aliphatic rings. The lowest BCUT2D eigenvalue weighted by Crippen LogP contribution is -2.45. The standard InChI is InChI=1S/C67H127NO5/c1-3-5-7-9-11-13-15-17-19-20-29-32-35-39-43-47-51-55-59-65(70)64(63-69)68-66(71)60-56-52-48-44-40-36-33-30-27-25-23-21-22-24-26-28-31-34-38-42-46-50-54-58-62-73-67(72)61-57-53-49-45-41-37-18-16-14-12-10-8-6-4-2/h16,18,23,25,55,59,64-65,69-70H,3-15,17,19-22,24,26-54,56-58,60-63H2,1-2H3,(H,68,71)/b18-16-,25-23-,59-55+. The molecule has 0 aromatic rings. The number of unbranched alkanes of at least 4 members (excludes halogenated alkanes) is 46. The van der Waals surface area contributed by atoms with Crippen LogP contribution in [0.2, 0.25) is 0 Å². The van der Waals surface area contributed by atoms with E-state index >= 15 is 0 Å². The Balaban J connectivity index is 3.43. The van der Waals surface area contributed by atoms with Crippen molar-refractivity contribution >= 4 is 11.9 Å². The van der Waals surface area contributed by atoms with E-state index in [0.29, 0.717) is 19.4 Å². The summed E-state index contributed by atoms with van der Waals surface area (Å²) in [6, 6.07) is -0.632. The van der Waals surface area contributed by atoms with E-state index < -0.39 is 12.1 Å². The molecule has 0 aromatic carbocycles. The van der Waals surface area contributed by atoms with Gasteiger partial charge in [0.2, 0.25) is 5.91 Å². The first-order valence-electron chi connectivity index (χ1n) is 32.8. The number of hydrogen-bond donors (Lipinski definition) is 3. The van der Waals surface area contributed by atoms with Crippen molar-refractivity contribution in [3.05, 3.63) is 36.5 Å². The molecule has 6 heteroatoms. The van der Waals surface area contributed by atoms with Crippen molar-refractivity contribution in [3.8, 4) is 0 Å². The number of aliphatic hydroxyl groups excluding tert-OH is 2. The molecule has 0 saturated carbocycles. The van der Waals surface area contributed by atoms with Crippen molar-refractivity contribution < 1.29 is 24.5 Å². The number of amides is 1. The number of nitrogens with one attached hydrogen (secondary N) is 1. The van der Waals surface area contributed by atoms with Crippen LogP contribution in [0.5, 0.6) is 0 Å². The molecule has 0 heterocycles. The summed E-state index contributed by atoms with van der Waals surface area (Å²) < 4.78 is 5.48. The van der Waals surface area contributed by atoms with Crippen LogP contribution in [0, 0.1) is 0 Å². The number of rotatable bonds is 61. The lowest BCUT2D eigenvalue weighted by Gasteiger charge is -2.20. The van der Waals surface area contributed by atoms with Gasteiger partial charge in [-0.15, -0.1) is 0 Å². The Labute approximate surface area is 455 Å². The maximum Gasteiger partial charge on any atom is 0.305 e. The summed E-state index contributed by atoms with van der Waals surface area (Å²) >= 11 is 0. The van der Waals surface area contributed by atoms with Gasteiger partial charge >= 0.3 is 5.97 Å². The smallest absolute Gasteiger partial charge is 0.305 e. The fourth-order valence-electron chi connectivity index (χ4n) is 10.1. The van der Waals surface area contributed by atoms with Crippen LogP contribution in [0.3, 0.4) is 0 Å². The average Bonchev–Trinajstić information content (AvgIpc) is 3.39. The molecule has 0 rings (SSSR count). The van der Waals surface area contributed by atoms with Crippen molar-refractivity contribution in [1.82, 2.24) is 5.32 Å². The summed E-state index contributed by atoms with van der Waals surface area (Å²) in [4.78, 5) is 24.5. The van der Waals surface area contributed by atoms with Gasteiger partial charge < -0.3 is 20.3 Å². The molecule has 0 aliphatic carbocycles. The third-order valence-electron chi connectivity index (χ3n) is 15.1. The Bertz CT molecular complexity index is 1180. The molecule has 0 spiro atoms. The van der Waals surface area contributed by atoms with Gasteiger partial charge in [0.15, 0.2) is 0 Å². The molecule has 0 bridgehead atoms. The van der Waals surface area contributed by atoms with Gasteiger partial charge in [-0.05, 0) is 83.5 Å². The van der Waals surface area contributed by atoms with Crippen LogP contribution in [0.1, 0.15) is 354 Å². The molecule has 2 atom stereocenters. The minimum atomic E-state index is -0.848. The number of hydrogen-bond acceptors (Lipinski definition) is 5. The van der Waals surface area contributed by atoms with Gasteiger partial charge in [0.25, 0.3) is 0 Å². The molecule has 0 saturated heterocycles. The van der Waals surface area contributed by atoms with Gasteiger partial charge in [-0.1, -0.05) is 294 Å². The molecule has 430 valence electrons. The van der Waals surface area contributed by atoms with Crippen molar-refractivity contribution in [2.24, 2.45) is 0 Å². The number of allylic oxidation sites excluding steroid dienone is 5. The number of esters is 1. The fraction of sp³-hybridized carbons (Fsp3) is 0.881. The van der Waals surface area contributed by atoms with E-state index in [2.05, 4.69) is 43.5 Å². The summed E-state index contributed by atoms with van der Waals surface area (Å²) in [5, 5.41) is 23.2. The zero-order valence-corrected chi connectivity index (χ0v) is 49.1. The highest BCUT2D eigenvalue weighted by molar-refractivity contribution is 5.76. The fourth-order valence-corrected chi connectivity index (χ4v) is 10.1. The average molecular weight is 1030 g/mol. The molecule has 0 radical (unpaired) electrons. The Hall–Kier alpha value is -1.92.